The van der Waals surface area contributed by atoms with E-state index in [1.165, 1.54) is 22.8 Å². The van der Waals surface area contributed by atoms with Crippen LogP contribution < -0.4 is 9.46 Å². The number of thiophene rings is 1. The number of aliphatic hydroxyl groups is 1. The van der Waals surface area contributed by atoms with Crippen LogP contribution in [0, 0.1) is 6.92 Å². The van der Waals surface area contributed by atoms with Gasteiger partial charge >= 0.3 is 0 Å². The quantitative estimate of drug-likeness (QED) is 0.762. The number of ether oxygens (including phenoxy) is 1. The molecule has 7 heteroatoms. The van der Waals surface area contributed by atoms with Crippen LogP contribution >= 0.6 is 11.3 Å². The summed E-state index contributed by atoms with van der Waals surface area (Å²) >= 11 is 1.21. The predicted octanol–water partition coefficient (Wildman–Crippen LogP) is 1.91. The molecule has 5 nitrogen and oxygen atoms in total. The first-order valence-corrected chi connectivity index (χ1v) is 8.75. The summed E-state index contributed by atoms with van der Waals surface area (Å²) in [6.07, 6.45) is 0. The fraction of sp³-hybridized carbons (Fsp3) is 0.286. The highest BCUT2D eigenvalue weighted by Gasteiger charge is 2.15. The fourth-order valence-corrected chi connectivity index (χ4v) is 3.86. The van der Waals surface area contributed by atoms with Gasteiger partial charge in [-0.3, -0.25) is 0 Å². The van der Waals surface area contributed by atoms with Crippen molar-refractivity contribution in [3.8, 4) is 5.75 Å². The SMILES string of the molecule is Cc1cccc(OCCNS(=O)(=O)c2csc(CO)c2)c1. The minimum absolute atomic E-state index is 0.156. The third kappa shape index (κ3) is 4.53. The minimum atomic E-state index is -3.54. The van der Waals surface area contributed by atoms with Crippen LogP contribution in [-0.4, -0.2) is 26.7 Å². The normalized spacial score (nSPS) is 11.5. The van der Waals surface area contributed by atoms with Crippen molar-refractivity contribution in [3.05, 3.63) is 46.2 Å². The molecule has 0 saturated carbocycles. The molecule has 0 radical (unpaired) electrons. The highest BCUT2D eigenvalue weighted by molar-refractivity contribution is 7.89. The lowest BCUT2D eigenvalue weighted by atomic mass is 10.2. The Bertz CT molecular complexity index is 695. The molecule has 0 aliphatic heterocycles. The van der Waals surface area contributed by atoms with Crippen LogP contribution in [0.3, 0.4) is 0 Å². The van der Waals surface area contributed by atoms with E-state index < -0.39 is 10.0 Å². The van der Waals surface area contributed by atoms with Gasteiger partial charge in [0.15, 0.2) is 0 Å². The Labute approximate surface area is 128 Å². The topological polar surface area (TPSA) is 75.6 Å². The first-order valence-electron chi connectivity index (χ1n) is 6.38. The van der Waals surface area contributed by atoms with Crippen molar-refractivity contribution >= 4 is 21.4 Å². The standard InChI is InChI=1S/C14H17NO4S2/c1-11-3-2-4-12(7-11)19-6-5-15-21(17,18)14-8-13(9-16)20-10-14/h2-4,7-8,10,15-16H,5-6,9H2,1H3. The van der Waals surface area contributed by atoms with Gasteiger partial charge in [-0.1, -0.05) is 12.1 Å². The third-order valence-electron chi connectivity index (χ3n) is 2.75. The molecule has 1 aromatic carbocycles. The Hall–Kier alpha value is -1.41. The van der Waals surface area contributed by atoms with Crippen LogP contribution in [-0.2, 0) is 16.6 Å². The summed E-state index contributed by atoms with van der Waals surface area (Å²) < 4.78 is 31.9. The van der Waals surface area contributed by atoms with E-state index in [9.17, 15) is 8.42 Å². The fourth-order valence-electron chi connectivity index (χ4n) is 1.72. The summed E-state index contributed by atoms with van der Waals surface area (Å²) in [6.45, 7) is 2.24. The first kappa shape index (κ1) is 16.0. The van der Waals surface area contributed by atoms with Gasteiger partial charge in [0.1, 0.15) is 12.4 Å². The number of hydrogen-bond acceptors (Lipinski definition) is 5. The molecule has 1 heterocycles. The Morgan fingerprint density at radius 1 is 1.33 bits per heavy atom. The van der Waals surface area contributed by atoms with E-state index >= 15 is 0 Å². The minimum Gasteiger partial charge on any atom is -0.492 e. The van der Waals surface area contributed by atoms with E-state index in [0.29, 0.717) is 10.6 Å². The van der Waals surface area contributed by atoms with Crippen LogP contribution in [0.15, 0.2) is 40.6 Å². The molecule has 1 aromatic heterocycles. The average Bonchev–Trinajstić information content (AvgIpc) is 2.93. The molecule has 0 spiro atoms. The van der Waals surface area contributed by atoms with Crippen LogP contribution in [0.2, 0.25) is 0 Å². The zero-order valence-electron chi connectivity index (χ0n) is 11.6. The number of benzene rings is 1. The van der Waals surface area contributed by atoms with Crippen molar-refractivity contribution in [1.29, 1.82) is 0 Å². The van der Waals surface area contributed by atoms with E-state index in [4.69, 9.17) is 9.84 Å². The molecule has 0 fully saturated rings. The molecule has 114 valence electrons. The Morgan fingerprint density at radius 2 is 2.14 bits per heavy atom. The van der Waals surface area contributed by atoms with Gasteiger partial charge in [-0.2, -0.15) is 0 Å². The van der Waals surface area contributed by atoms with Crippen molar-refractivity contribution in [2.75, 3.05) is 13.2 Å². The van der Waals surface area contributed by atoms with E-state index in [-0.39, 0.29) is 24.7 Å². The average molecular weight is 327 g/mol. The number of rotatable bonds is 7. The summed E-state index contributed by atoms with van der Waals surface area (Å²) in [7, 11) is -3.54. The Balaban J connectivity index is 1.85. The second-order valence-corrected chi connectivity index (χ2v) is 7.23. The van der Waals surface area contributed by atoms with Crippen LogP contribution in [0.25, 0.3) is 0 Å². The van der Waals surface area contributed by atoms with Crippen LogP contribution in [0.1, 0.15) is 10.4 Å². The second-order valence-electron chi connectivity index (χ2n) is 4.47. The maximum atomic E-state index is 12.0. The maximum absolute atomic E-state index is 12.0. The molecule has 2 N–H and O–H groups in total. The van der Waals surface area contributed by atoms with Gasteiger partial charge in [0.25, 0.3) is 0 Å². The number of aliphatic hydroxyl groups excluding tert-OH is 1. The molecular weight excluding hydrogens is 310 g/mol. The molecule has 0 aliphatic carbocycles. The molecule has 2 aromatic rings. The second kappa shape index (κ2) is 7.04. The van der Waals surface area contributed by atoms with Gasteiger partial charge in [-0.15, -0.1) is 11.3 Å². The highest BCUT2D eigenvalue weighted by atomic mass is 32.2. The lowest BCUT2D eigenvalue weighted by molar-refractivity contribution is 0.285. The monoisotopic (exact) mass is 327 g/mol. The molecule has 0 saturated heterocycles. The Morgan fingerprint density at radius 3 is 2.81 bits per heavy atom. The van der Waals surface area contributed by atoms with Gasteiger partial charge < -0.3 is 9.84 Å². The first-order chi connectivity index (χ1) is 10.0. The zero-order chi connectivity index (χ0) is 15.3. The van der Waals surface area contributed by atoms with Crippen molar-refractivity contribution < 1.29 is 18.3 Å². The van der Waals surface area contributed by atoms with Crippen LogP contribution in [0.5, 0.6) is 5.75 Å². The van der Waals surface area contributed by atoms with Crippen LogP contribution in [0.4, 0.5) is 0 Å². The van der Waals surface area contributed by atoms with Crippen molar-refractivity contribution in [3.63, 3.8) is 0 Å². The molecule has 21 heavy (non-hydrogen) atoms. The summed E-state index contributed by atoms with van der Waals surface area (Å²) in [6, 6.07) is 9.03. The predicted molar refractivity (Wildman–Crippen MR) is 82.1 cm³/mol. The van der Waals surface area contributed by atoms with Crippen molar-refractivity contribution in [2.45, 2.75) is 18.4 Å². The van der Waals surface area contributed by atoms with Gasteiger partial charge in [-0.25, -0.2) is 13.1 Å². The van der Waals surface area contributed by atoms with Gasteiger partial charge in [-0.05, 0) is 30.7 Å². The molecule has 0 atom stereocenters. The number of nitrogens with one attached hydrogen (secondary N) is 1. The van der Waals surface area contributed by atoms with E-state index in [1.807, 2.05) is 31.2 Å². The van der Waals surface area contributed by atoms with Gasteiger partial charge in [0.2, 0.25) is 10.0 Å². The largest absolute Gasteiger partial charge is 0.492 e. The summed E-state index contributed by atoms with van der Waals surface area (Å²) in [5.41, 5.74) is 1.09. The maximum Gasteiger partial charge on any atom is 0.241 e. The zero-order valence-corrected chi connectivity index (χ0v) is 13.2. The van der Waals surface area contributed by atoms with E-state index in [2.05, 4.69) is 4.72 Å². The Kier molecular flexibility index (Phi) is 5.35. The summed E-state index contributed by atoms with van der Waals surface area (Å²) in [4.78, 5) is 0.790. The van der Waals surface area contributed by atoms with Gasteiger partial charge in [0, 0.05) is 16.8 Å². The number of sulfonamides is 1. The van der Waals surface area contributed by atoms with Crippen molar-refractivity contribution in [1.82, 2.24) is 4.72 Å². The third-order valence-corrected chi connectivity index (χ3v) is 5.26. The molecule has 0 bridgehead atoms. The summed E-state index contributed by atoms with van der Waals surface area (Å²) in [5.74, 6) is 0.715. The molecule has 0 aliphatic rings. The molecule has 2 rings (SSSR count). The van der Waals surface area contributed by atoms with E-state index in [0.717, 1.165) is 5.56 Å². The van der Waals surface area contributed by atoms with E-state index in [1.54, 1.807) is 0 Å². The number of hydrogen-bond donors (Lipinski definition) is 2. The van der Waals surface area contributed by atoms with Gasteiger partial charge in [0.05, 0.1) is 11.5 Å². The lowest BCUT2D eigenvalue weighted by Crippen LogP contribution is -2.28. The molecule has 0 unspecified atom stereocenters. The smallest absolute Gasteiger partial charge is 0.241 e. The summed E-state index contributed by atoms with van der Waals surface area (Å²) in [5, 5.41) is 10.5. The number of aryl methyl sites for hydroxylation is 1. The lowest BCUT2D eigenvalue weighted by Gasteiger charge is -2.08. The highest BCUT2D eigenvalue weighted by Crippen LogP contribution is 2.19. The molecular formula is C14H17NO4S2. The van der Waals surface area contributed by atoms with Crippen molar-refractivity contribution in [2.24, 2.45) is 0 Å². The molecule has 0 amide bonds.